The number of nitrogens with one attached hydrogen (secondary N) is 2. The van der Waals surface area contributed by atoms with Crippen molar-refractivity contribution in [1.82, 2.24) is 15.8 Å². The molecule has 33 heavy (non-hydrogen) atoms. The molecule has 9 nitrogen and oxygen atoms in total. The monoisotopic (exact) mass is 446 g/mol. The number of amides is 2. The molecule has 0 saturated carbocycles. The maximum Gasteiger partial charge on any atom is 0.270 e. The second kappa shape index (κ2) is 9.10. The number of nitro groups is 1. The van der Waals surface area contributed by atoms with Gasteiger partial charge in [0, 0.05) is 23.3 Å². The highest BCUT2D eigenvalue weighted by Crippen LogP contribution is 2.29. The van der Waals surface area contributed by atoms with E-state index in [0.717, 1.165) is 6.07 Å². The van der Waals surface area contributed by atoms with Crippen molar-refractivity contribution in [2.75, 3.05) is 0 Å². The summed E-state index contributed by atoms with van der Waals surface area (Å²) in [6, 6.07) is 17.5. The van der Waals surface area contributed by atoms with Crippen LogP contribution in [0.3, 0.4) is 0 Å². The summed E-state index contributed by atoms with van der Waals surface area (Å²) in [7, 11) is 0. The van der Waals surface area contributed by atoms with Gasteiger partial charge in [-0.15, -0.1) is 0 Å². The molecule has 0 radical (unpaired) electrons. The van der Waals surface area contributed by atoms with Crippen LogP contribution in [-0.2, 0) is 0 Å². The average Bonchev–Trinajstić information content (AvgIpc) is 3.32. The normalized spacial score (nSPS) is 10.5. The zero-order chi connectivity index (χ0) is 23.4. The summed E-state index contributed by atoms with van der Waals surface area (Å²) in [5, 5.41) is 10.9. The number of nitro benzene ring substituents is 1. The quantitative estimate of drug-likeness (QED) is 0.351. The molecular weight excluding hydrogens is 431 g/mol. The molecule has 4 aromatic rings. The molecule has 0 aliphatic heterocycles. The Bertz CT molecular complexity index is 1370. The van der Waals surface area contributed by atoms with Gasteiger partial charge in [-0.2, -0.15) is 0 Å². The molecule has 0 aliphatic rings. The van der Waals surface area contributed by atoms with Crippen LogP contribution in [0.25, 0.3) is 22.8 Å². The van der Waals surface area contributed by atoms with E-state index in [2.05, 4.69) is 15.8 Å². The maximum absolute atomic E-state index is 14.1. The Labute approximate surface area is 186 Å². The summed E-state index contributed by atoms with van der Waals surface area (Å²) in [6.07, 6.45) is 1.35. The number of oxazole rings is 1. The Morgan fingerprint density at radius 1 is 0.909 bits per heavy atom. The smallest absolute Gasteiger partial charge is 0.270 e. The van der Waals surface area contributed by atoms with Crippen LogP contribution in [0, 0.1) is 15.9 Å². The summed E-state index contributed by atoms with van der Waals surface area (Å²) in [6.45, 7) is 0. The molecule has 0 atom stereocenters. The fourth-order valence-corrected chi connectivity index (χ4v) is 3.07. The number of rotatable bonds is 5. The number of carbonyl (C=O) groups is 2. The number of hydrogen-bond acceptors (Lipinski definition) is 6. The van der Waals surface area contributed by atoms with Crippen LogP contribution < -0.4 is 10.9 Å². The number of benzene rings is 3. The zero-order valence-corrected chi connectivity index (χ0v) is 16.8. The molecular formula is C23H15FN4O5. The summed E-state index contributed by atoms with van der Waals surface area (Å²) >= 11 is 0. The van der Waals surface area contributed by atoms with E-state index in [-0.39, 0.29) is 34.0 Å². The van der Waals surface area contributed by atoms with Crippen molar-refractivity contribution in [3.05, 3.63) is 106 Å². The lowest BCUT2D eigenvalue weighted by Gasteiger charge is -2.09. The first-order valence-corrected chi connectivity index (χ1v) is 9.59. The Morgan fingerprint density at radius 2 is 1.61 bits per heavy atom. The lowest BCUT2D eigenvalue weighted by molar-refractivity contribution is -0.384. The Kier molecular flexibility index (Phi) is 5.90. The summed E-state index contributed by atoms with van der Waals surface area (Å²) in [5.74, 6) is -1.60. The lowest BCUT2D eigenvalue weighted by atomic mass is 10.1. The van der Waals surface area contributed by atoms with Gasteiger partial charge in [0.25, 0.3) is 17.5 Å². The molecule has 3 aromatic carbocycles. The van der Waals surface area contributed by atoms with Crippen molar-refractivity contribution >= 4 is 17.5 Å². The third kappa shape index (κ3) is 4.59. The molecule has 4 rings (SSSR count). The van der Waals surface area contributed by atoms with Gasteiger partial charge in [-0.3, -0.25) is 30.6 Å². The number of aromatic nitrogens is 1. The van der Waals surface area contributed by atoms with E-state index in [1.165, 1.54) is 36.5 Å². The topological polar surface area (TPSA) is 127 Å². The fourth-order valence-electron chi connectivity index (χ4n) is 3.07. The van der Waals surface area contributed by atoms with Crippen LogP contribution >= 0.6 is 0 Å². The average molecular weight is 446 g/mol. The van der Waals surface area contributed by atoms with Gasteiger partial charge in [0.15, 0.2) is 5.76 Å². The number of non-ortho nitro benzene ring substituents is 1. The first kappa shape index (κ1) is 21.4. The lowest BCUT2D eigenvalue weighted by Crippen LogP contribution is -2.41. The highest BCUT2D eigenvalue weighted by atomic mass is 19.1. The standard InChI is InChI=1S/C23H15FN4O5/c24-19-11-4-3-10-18(19)20-13-25-23(33-20)17-9-2-1-8-16(17)22(30)27-26-21(29)14-6-5-7-15(12-14)28(31)32/h1-13H,(H,26,29)(H,27,30). The van der Waals surface area contributed by atoms with E-state index in [1.54, 1.807) is 36.4 Å². The van der Waals surface area contributed by atoms with Gasteiger partial charge in [-0.25, -0.2) is 9.37 Å². The van der Waals surface area contributed by atoms with E-state index in [4.69, 9.17) is 4.42 Å². The summed E-state index contributed by atoms with van der Waals surface area (Å²) in [5.41, 5.74) is 4.91. The number of nitrogens with zero attached hydrogens (tertiary/aromatic N) is 2. The van der Waals surface area contributed by atoms with Crippen molar-refractivity contribution in [3.63, 3.8) is 0 Å². The molecule has 2 amide bonds. The molecule has 0 bridgehead atoms. The second-order valence-electron chi connectivity index (χ2n) is 6.77. The largest absolute Gasteiger partial charge is 0.436 e. The number of halogens is 1. The highest BCUT2D eigenvalue weighted by molar-refractivity contribution is 6.02. The summed E-state index contributed by atoms with van der Waals surface area (Å²) in [4.78, 5) is 39.4. The van der Waals surface area contributed by atoms with E-state index >= 15 is 0 Å². The molecule has 164 valence electrons. The molecule has 0 aliphatic carbocycles. The van der Waals surface area contributed by atoms with Crippen LogP contribution in [0.4, 0.5) is 10.1 Å². The van der Waals surface area contributed by atoms with Crippen molar-refractivity contribution in [3.8, 4) is 22.8 Å². The van der Waals surface area contributed by atoms with Crippen LogP contribution in [0.1, 0.15) is 20.7 Å². The molecule has 10 heteroatoms. The minimum absolute atomic E-state index is 0.0000148. The van der Waals surface area contributed by atoms with Crippen LogP contribution in [-0.4, -0.2) is 21.7 Å². The first-order chi connectivity index (χ1) is 15.9. The van der Waals surface area contributed by atoms with Gasteiger partial charge in [-0.1, -0.05) is 30.3 Å². The Hall–Kier alpha value is -4.86. The van der Waals surface area contributed by atoms with Crippen LogP contribution in [0.15, 0.2) is 83.4 Å². The Balaban J connectivity index is 1.53. The summed E-state index contributed by atoms with van der Waals surface area (Å²) < 4.78 is 19.7. The van der Waals surface area contributed by atoms with Gasteiger partial charge >= 0.3 is 0 Å². The molecule has 1 aromatic heterocycles. The third-order valence-corrected chi connectivity index (χ3v) is 4.66. The molecule has 0 fully saturated rings. The highest BCUT2D eigenvalue weighted by Gasteiger charge is 2.19. The van der Waals surface area contributed by atoms with Crippen LogP contribution in [0.5, 0.6) is 0 Å². The first-order valence-electron chi connectivity index (χ1n) is 9.59. The van der Waals surface area contributed by atoms with Crippen molar-refractivity contribution in [2.45, 2.75) is 0 Å². The van der Waals surface area contributed by atoms with E-state index in [1.807, 2.05) is 0 Å². The minimum atomic E-state index is -0.734. The van der Waals surface area contributed by atoms with E-state index in [0.29, 0.717) is 5.56 Å². The second-order valence-corrected chi connectivity index (χ2v) is 6.77. The molecule has 0 saturated heterocycles. The van der Waals surface area contributed by atoms with Crippen molar-refractivity contribution in [1.29, 1.82) is 0 Å². The predicted molar refractivity (Wildman–Crippen MR) is 115 cm³/mol. The van der Waals surface area contributed by atoms with E-state index < -0.39 is 22.6 Å². The fraction of sp³-hybridized carbons (Fsp3) is 0. The number of hydrogen-bond donors (Lipinski definition) is 2. The van der Waals surface area contributed by atoms with Gasteiger partial charge in [0.2, 0.25) is 5.89 Å². The molecule has 1 heterocycles. The number of hydrazine groups is 1. The third-order valence-electron chi connectivity index (χ3n) is 4.66. The van der Waals surface area contributed by atoms with Gasteiger partial charge in [0.1, 0.15) is 5.82 Å². The number of carbonyl (C=O) groups excluding carboxylic acids is 2. The molecule has 0 spiro atoms. The molecule has 0 unspecified atom stereocenters. The molecule has 2 N–H and O–H groups in total. The van der Waals surface area contributed by atoms with E-state index in [9.17, 15) is 24.1 Å². The van der Waals surface area contributed by atoms with Gasteiger partial charge in [0.05, 0.1) is 22.2 Å². The predicted octanol–water partition coefficient (Wildman–Crippen LogP) is 4.13. The van der Waals surface area contributed by atoms with Crippen molar-refractivity contribution in [2.24, 2.45) is 0 Å². The van der Waals surface area contributed by atoms with Gasteiger partial charge in [-0.05, 0) is 30.3 Å². The van der Waals surface area contributed by atoms with Crippen LogP contribution in [0.2, 0.25) is 0 Å². The SMILES string of the molecule is O=C(NNC(=O)c1ccccc1-c1ncc(-c2ccccc2F)o1)c1cccc([N+](=O)[O-])c1. The Morgan fingerprint density at radius 3 is 2.36 bits per heavy atom. The maximum atomic E-state index is 14.1. The zero-order valence-electron chi connectivity index (χ0n) is 16.8. The van der Waals surface area contributed by atoms with Crippen molar-refractivity contribution < 1.29 is 23.3 Å². The minimum Gasteiger partial charge on any atom is -0.436 e. The van der Waals surface area contributed by atoms with Gasteiger partial charge < -0.3 is 4.42 Å².